The molecule has 4 unspecified atom stereocenters. The minimum Gasteiger partial charge on any atom is -0.494 e. The molecule has 4 atom stereocenters. The Labute approximate surface area is 177 Å². The number of halogens is 1. The molecular formula is C27H39FO. The van der Waals surface area contributed by atoms with E-state index >= 15 is 0 Å². The van der Waals surface area contributed by atoms with Crippen LogP contribution in [0.2, 0.25) is 0 Å². The molecule has 1 aromatic rings. The first-order valence-corrected chi connectivity index (χ1v) is 12.1. The third-order valence-electron chi connectivity index (χ3n) is 8.64. The highest BCUT2D eigenvalue weighted by Crippen LogP contribution is 2.51. The number of fused-ring (bicyclic) bond motifs is 1. The molecular weight excluding hydrogens is 359 g/mol. The Kier molecular flexibility index (Phi) is 6.98. The smallest absolute Gasteiger partial charge is 0.165 e. The Balaban J connectivity index is 1.28. The SMILES string of the molecule is C=CCCC1CCC(C2CCC3CC(c4ccc(OC)c(F)c4)CCC3C2)CC1. The van der Waals surface area contributed by atoms with Gasteiger partial charge in [0.15, 0.2) is 11.6 Å². The zero-order chi connectivity index (χ0) is 20.2. The summed E-state index contributed by atoms with van der Waals surface area (Å²) in [6.45, 7) is 3.88. The van der Waals surface area contributed by atoms with Gasteiger partial charge in [-0.2, -0.15) is 0 Å². The fourth-order valence-corrected chi connectivity index (χ4v) is 6.89. The molecule has 29 heavy (non-hydrogen) atoms. The molecule has 3 aliphatic rings. The second-order valence-corrected chi connectivity index (χ2v) is 10.1. The van der Waals surface area contributed by atoms with E-state index in [0.29, 0.717) is 11.7 Å². The van der Waals surface area contributed by atoms with E-state index in [-0.39, 0.29) is 5.82 Å². The predicted molar refractivity (Wildman–Crippen MR) is 119 cm³/mol. The average Bonchev–Trinajstić information content (AvgIpc) is 2.77. The van der Waals surface area contributed by atoms with Crippen molar-refractivity contribution in [3.8, 4) is 5.75 Å². The molecule has 0 saturated heterocycles. The van der Waals surface area contributed by atoms with Crippen LogP contribution in [0.3, 0.4) is 0 Å². The first kappa shape index (κ1) is 20.9. The summed E-state index contributed by atoms with van der Waals surface area (Å²) in [5, 5.41) is 0. The van der Waals surface area contributed by atoms with Crippen LogP contribution < -0.4 is 4.74 Å². The van der Waals surface area contributed by atoms with E-state index in [1.165, 1.54) is 89.7 Å². The van der Waals surface area contributed by atoms with Gasteiger partial charge in [-0.05, 0) is 117 Å². The van der Waals surface area contributed by atoms with Crippen molar-refractivity contribution in [2.45, 2.75) is 83.0 Å². The number of benzene rings is 1. The first-order valence-electron chi connectivity index (χ1n) is 12.1. The summed E-state index contributed by atoms with van der Waals surface area (Å²) in [5.41, 5.74) is 1.18. The van der Waals surface area contributed by atoms with Crippen molar-refractivity contribution in [2.24, 2.45) is 29.6 Å². The Morgan fingerprint density at radius 2 is 1.59 bits per heavy atom. The third kappa shape index (κ3) is 4.89. The van der Waals surface area contributed by atoms with Gasteiger partial charge in [-0.15, -0.1) is 6.58 Å². The van der Waals surface area contributed by atoms with Gasteiger partial charge >= 0.3 is 0 Å². The average molecular weight is 399 g/mol. The lowest BCUT2D eigenvalue weighted by Gasteiger charge is -2.45. The Hall–Kier alpha value is -1.31. The summed E-state index contributed by atoms with van der Waals surface area (Å²) in [6.07, 6.45) is 18.6. The fourth-order valence-electron chi connectivity index (χ4n) is 6.89. The van der Waals surface area contributed by atoms with Crippen molar-refractivity contribution >= 4 is 0 Å². The lowest BCUT2D eigenvalue weighted by atomic mass is 9.60. The minimum atomic E-state index is -0.209. The molecule has 0 aromatic heterocycles. The molecule has 2 heteroatoms. The van der Waals surface area contributed by atoms with E-state index in [0.717, 1.165) is 29.6 Å². The highest BCUT2D eigenvalue weighted by atomic mass is 19.1. The van der Waals surface area contributed by atoms with Gasteiger partial charge in [0.1, 0.15) is 0 Å². The summed E-state index contributed by atoms with van der Waals surface area (Å²) in [4.78, 5) is 0. The van der Waals surface area contributed by atoms with Crippen molar-refractivity contribution in [3.63, 3.8) is 0 Å². The van der Waals surface area contributed by atoms with Crippen LogP contribution in [0, 0.1) is 35.4 Å². The topological polar surface area (TPSA) is 9.23 Å². The maximum absolute atomic E-state index is 14.2. The molecule has 0 N–H and O–H groups in total. The molecule has 0 radical (unpaired) electrons. The van der Waals surface area contributed by atoms with E-state index in [2.05, 4.69) is 18.7 Å². The lowest BCUT2D eigenvalue weighted by molar-refractivity contribution is 0.0713. The molecule has 0 aliphatic heterocycles. The van der Waals surface area contributed by atoms with E-state index in [4.69, 9.17) is 4.74 Å². The van der Waals surface area contributed by atoms with Gasteiger partial charge in [0, 0.05) is 0 Å². The van der Waals surface area contributed by atoms with Crippen molar-refractivity contribution in [3.05, 3.63) is 42.2 Å². The summed E-state index contributed by atoms with van der Waals surface area (Å²) >= 11 is 0. The Morgan fingerprint density at radius 3 is 2.28 bits per heavy atom. The molecule has 4 rings (SSSR count). The third-order valence-corrected chi connectivity index (χ3v) is 8.64. The van der Waals surface area contributed by atoms with Crippen LogP contribution >= 0.6 is 0 Å². The molecule has 0 bridgehead atoms. The number of methoxy groups -OCH3 is 1. The molecule has 3 saturated carbocycles. The molecule has 160 valence electrons. The monoisotopic (exact) mass is 398 g/mol. The summed E-state index contributed by atoms with van der Waals surface area (Å²) in [6, 6.07) is 5.61. The second kappa shape index (κ2) is 9.67. The predicted octanol–water partition coefficient (Wildman–Crippen LogP) is 7.91. The normalized spacial score (nSPS) is 35.0. The highest BCUT2D eigenvalue weighted by Gasteiger charge is 2.39. The van der Waals surface area contributed by atoms with Crippen LogP contribution in [0.4, 0.5) is 4.39 Å². The molecule has 0 spiro atoms. The Bertz CT molecular complexity index is 675. The summed E-state index contributed by atoms with van der Waals surface area (Å²) < 4.78 is 19.3. The van der Waals surface area contributed by atoms with E-state index < -0.39 is 0 Å². The minimum absolute atomic E-state index is 0.209. The van der Waals surface area contributed by atoms with Crippen LogP contribution in [0.15, 0.2) is 30.9 Å². The zero-order valence-electron chi connectivity index (χ0n) is 18.3. The summed E-state index contributed by atoms with van der Waals surface area (Å²) in [7, 11) is 1.54. The van der Waals surface area contributed by atoms with Crippen LogP contribution in [0.25, 0.3) is 0 Å². The van der Waals surface area contributed by atoms with E-state index in [1.54, 1.807) is 12.1 Å². The molecule has 1 aromatic carbocycles. The van der Waals surface area contributed by atoms with Crippen LogP contribution in [-0.2, 0) is 0 Å². The molecule has 3 aliphatic carbocycles. The second-order valence-electron chi connectivity index (χ2n) is 10.1. The number of rotatable bonds is 6. The first-order chi connectivity index (χ1) is 14.2. The Morgan fingerprint density at radius 1 is 0.931 bits per heavy atom. The fraction of sp³-hybridized carbons (Fsp3) is 0.704. The summed E-state index contributed by atoms with van der Waals surface area (Å²) in [5.74, 6) is 5.40. The van der Waals surface area contributed by atoms with Gasteiger partial charge in [0.05, 0.1) is 7.11 Å². The molecule has 1 nitrogen and oxygen atoms in total. The van der Waals surface area contributed by atoms with E-state index in [9.17, 15) is 4.39 Å². The van der Waals surface area contributed by atoms with Gasteiger partial charge in [-0.25, -0.2) is 4.39 Å². The van der Waals surface area contributed by atoms with Crippen LogP contribution in [0.5, 0.6) is 5.75 Å². The molecule has 0 heterocycles. The van der Waals surface area contributed by atoms with Gasteiger partial charge in [-0.1, -0.05) is 25.0 Å². The lowest BCUT2D eigenvalue weighted by Crippen LogP contribution is -2.34. The standard InChI is InChI=1S/C27H39FO/c1-3-4-5-19-6-8-20(9-7-19)21-10-11-23-17-24(13-12-22(23)16-21)25-14-15-27(29-2)26(28)18-25/h3,14-15,18-24H,1,4-13,16-17H2,2H3. The molecule has 3 fully saturated rings. The number of hydrogen-bond donors (Lipinski definition) is 0. The van der Waals surface area contributed by atoms with Crippen molar-refractivity contribution < 1.29 is 9.13 Å². The van der Waals surface area contributed by atoms with Gasteiger partial charge < -0.3 is 4.74 Å². The highest BCUT2D eigenvalue weighted by molar-refractivity contribution is 5.31. The van der Waals surface area contributed by atoms with Crippen LogP contribution in [0.1, 0.15) is 88.5 Å². The van der Waals surface area contributed by atoms with Crippen molar-refractivity contribution in [2.75, 3.05) is 7.11 Å². The largest absolute Gasteiger partial charge is 0.494 e. The molecule has 0 amide bonds. The maximum Gasteiger partial charge on any atom is 0.165 e. The van der Waals surface area contributed by atoms with Gasteiger partial charge in [0.2, 0.25) is 0 Å². The number of hydrogen-bond acceptors (Lipinski definition) is 1. The zero-order valence-corrected chi connectivity index (χ0v) is 18.3. The number of ether oxygens (including phenoxy) is 1. The van der Waals surface area contributed by atoms with Crippen molar-refractivity contribution in [1.29, 1.82) is 0 Å². The van der Waals surface area contributed by atoms with Crippen LogP contribution in [-0.4, -0.2) is 7.11 Å². The van der Waals surface area contributed by atoms with Crippen molar-refractivity contribution in [1.82, 2.24) is 0 Å². The van der Waals surface area contributed by atoms with E-state index in [1.807, 2.05) is 0 Å². The quantitative estimate of drug-likeness (QED) is 0.442. The van der Waals surface area contributed by atoms with Gasteiger partial charge in [0.25, 0.3) is 0 Å². The van der Waals surface area contributed by atoms with Gasteiger partial charge in [-0.3, -0.25) is 0 Å². The maximum atomic E-state index is 14.2. The number of allylic oxidation sites excluding steroid dienone is 1.